The molecule has 0 spiro atoms. The number of rotatable bonds is 6. The van der Waals surface area contributed by atoms with Gasteiger partial charge in [0.1, 0.15) is 17.1 Å². The minimum Gasteiger partial charge on any atom is -0.506 e. The number of nitrogens with one attached hydrogen (secondary N) is 1. The number of hydrogen-bond donors (Lipinski definition) is 2. The number of halogens is 1. The number of pyridine rings is 1. The third-order valence-electron chi connectivity index (χ3n) is 4.13. The molecule has 1 amide bonds. The van der Waals surface area contributed by atoms with E-state index in [0.29, 0.717) is 12.1 Å². The van der Waals surface area contributed by atoms with Gasteiger partial charge in [0, 0.05) is 6.20 Å². The maximum Gasteiger partial charge on any atom is 0.276 e. The summed E-state index contributed by atoms with van der Waals surface area (Å²) in [4.78, 5) is 25.0. The number of aromatic hydroxyl groups is 1. The van der Waals surface area contributed by atoms with E-state index in [1.807, 2.05) is 12.1 Å². The Hall–Kier alpha value is -3.58. The zero-order valence-corrected chi connectivity index (χ0v) is 16.3. The van der Waals surface area contributed by atoms with E-state index in [2.05, 4.69) is 10.5 Å². The van der Waals surface area contributed by atoms with Gasteiger partial charge in [-0.15, -0.1) is 0 Å². The molecule has 0 radical (unpaired) electrons. The average molecular weight is 412 g/mol. The van der Waals surface area contributed by atoms with E-state index in [1.54, 1.807) is 37.6 Å². The Bertz CT molecular complexity index is 1110. The smallest absolute Gasteiger partial charge is 0.276 e. The van der Waals surface area contributed by atoms with Crippen LogP contribution in [-0.2, 0) is 6.54 Å². The molecule has 0 aliphatic carbocycles. The molecule has 0 saturated heterocycles. The summed E-state index contributed by atoms with van der Waals surface area (Å²) >= 11 is 5.82. The number of carbonyl (C=O) groups is 1. The molecule has 0 bridgehead atoms. The number of phenolic OH excluding ortho intramolecular Hbond substituents is 1. The van der Waals surface area contributed by atoms with E-state index < -0.39 is 11.5 Å². The van der Waals surface area contributed by atoms with Crippen molar-refractivity contribution >= 4 is 23.7 Å². The van der Waals surface area contributed by atoms with Crippen LogP contribution in [0.15, 0.2) is 70.7 Å². The highest BCUT2D eigenvalue weighted by atomic mass is 35.5. The molecule has 0 fully saturated rings. The van der Waals surface area contributed by atoms with E-state index in [0.717, 1.165) is 11.3 Å². The predicted octanol–water partition coefficient (Wildman–Crippen LogP) is 3.03. The quantitative estimate of drug-likeness (QED) is 0.481. The van der Waals surface area contributed by atoms with Crippen LogP contribution in [0.2, 0.25) is 5.02 Å². The van der Waals surface area contributed by atoms with Crippen molar-refractivity contribution < 1.29 is 14.6 Å². The molecule has 148 valence electrons. The lowest BCUT2D eigenvalue weighted by Gasteiger charge is -2.08. The molecular formula is C21H18ClN3O4. The van der Waals surface area contributed by atoms with Crippen LogP contribution < -0.4 is 15.7 Å². The fourth-order valence-corrected chi connectivity index (χ4v) is 2.78. The molecule has 0 unspecified atom stereocenters. The van der Waals surface area contributed by atoms with E-state index in [1.165, 1.54) is 29.0 Å². The Morgan fingerprint density at radius 1 is 1.24 bits per heavy atom. The van der Waals surface area contributed by atoms with Gasteiger partial charge in [-0.2, -0.15) is 5.10 Å². The largest absolute Gasteiger partial charge is 0.506 e. The van der Waals surface area contributed by atoms with Gasteiger partial charge in [0.25, 0.3) is 11.5 Å². The van der Waals surface area contributed by atoms with E-state index in [4.69, 9.17) is 16.3 Å². The van der Waals surface area contributed by atoms with Gasteiger partial charge in [-0.05, 0) is 53.6 Å². The maximum absolute atomic E-state index is 12.6. The van der Waals surface area contributed by atoms with Gasteiger partial charge in [-0.1, -0.05) is 23.7 Å². The van der Waals surface area contributed by atoms with Gasteiger partial charge in [-0.25, -0.2) is 5.43 Å². The van der Waals surface area contributed by atoms with E-state index in [9.17, 15) is 14.7 Å². The number of phenols is 1. The highest BCUT2D eigenvalue weighted by Gasteiger charge is 2.11. The summed E-state index contributed by atoms with van der Waals surface area (Å²) in [6, 6.07) is 14.9. The summed E-state index contributed by atoms with van der Waals surface area (Å²) in [5.74, 6) is 0.0526. The van der Waals surface area contributed by atoms with Crippen molar-refractivity contribution in [3.63, 3.8) is 0 Å². The Morgan fingerprint density at radius 2 is 2.00 bits per heavy atom. The third-order valence-corrected chi connectivity index (χ3v) is 4.43. The molecular weight excluding hydrogens is 394 g/mol. The second-order valence-corrected chi connectivity index (χ2v) is 6.52. The fraction of sp³-hybridized carbons (Fsp3) is 0.0952. The zero-order valence-electron chi connectivity index (χ0n) is 15.5. The standard InChI is InChI=1S/C21H18ClN3O4/c1-29-16-7-4-14(5-8-16)13-25-10-2-3-17(21(25)28)20(27)24-23-12-15-6-9-19(26)18(22)11-15/h2-12,26H,13H2,1H3,(H,24,27)/b23-12-. The number of methoxy groups -OCH3 is 1. The molecule has 1 heterocycles. The number of amides is 1. The maximum atomic E-state index is 12.6. The van der Waals surface area contributed by atoms with E-state index in [-0.39, 0.29) is 16.3 Å². The lowest BCUT2D eigenvalue weighted by atomic mass is 10.2. The molecule has 7 nitrogen and oxygen atoms in total. The molecule has 0 aliphatic heterocycles. The summed E-state index contributed by atoms with van der Waals surface area (Å²) in [6.45, 7) is 0.319. The Morgan fingerprint density at radius 3 is 2.69 bits per heavy atom. The second-order valence-electron chi connectivity index (χ2n) is 6.11. The number of nitrogens with zero attached hydrogens (tertiary/aromatic N) is 2. The number of hydrazone groups is 1. The van der Waals surface area contributed by atoms with Gasteiger partial charge in [-0.3, -0.25) is 9.59 Å². The molecule has 0 aliphatic rings. The third kappa shape index (κ3) is 5.03. The SMILES string of the molecule is COc1ccc(Cn2cccc(C(=O)N/N=C\c3ccc(O)c(Cl)c3)c2=O)cc1. The molecule has 2 aromatic carbocycles. The number of carbonyl (C=O) groups excluding carboxylic acids is 1. The lowest BCUT2D eigenvalue weighted by molar-refractivity contribution is 0.0953. The Balaban J connectivity index is 1.72. The van der Waals surface area contributed by atoms with Crippen molar-refractivity contribution in [3.8, 4) is 11.5 Å². The molecule has 29 heavy (non-hydrogen) atoms. The van der Waals surface area contributed by atoms with Crippen LogP contribution in [0.5, 0.6) is 11.5 Å². The molecule has 0 saturated carbocycles. The molecule has 3 aromatic rings. The first-order valence-corrected chi connectivity index (χ1v) is 9.00. The second kappa shape index (κ2) is 9.07. The fourth-order valence-electron chi connectivity index (χ4n) is 2.59. The monoisotopic (exact) mass is 411 g/mol. The Labute approximate surface area is 171 Å². The normalized spacial score (nSPS) is 10.8. The summed E-state index contributed by atoms with van der Waals surface area (Å²) in [5, 5.41) is 13.4. The van der Waals surface area contributed by atoms with Crippen molar-refractivity contribution in [3.05, 3.63) is 92.9 Å². The molecule has 8 heteroatoms. The van der Waals surface area contributed by atoms with Crippen molar-refractivity contribution in [2.75, 3.05) is 7.11 Å². The van der Waals surface area contributed by atoms with Gasteiger partial charge < -0.3 is 14.4 Å². The molecule has 2 N–H and O–H groups in total. The van der Waals surface area contributed by atoms with E-state index >= 15 is 0 Å². The summed E-state index contributed by atoms with van der Waals surface area (Å²) in [7, 11) is 1.58. The van der Waals surface area contributed by atoms with Crippen molar-refractivity contribution in [1.29, 1.82) is 0 Å². The van der Waals surface area contributed by atoms with Crippen molar-refractivity contribution in [2.45, 2.75) is 6.54 Å². The molecule has 1 aromatic heterocycles. The topological polar surface area (TPSA) is 92.9 Å². The first-order chi connectivity index (χ1) is 14.0. The van der Waals surface area contributed by atoms with Crippen molar-refractivity contribution in [1.82, 2.24) is 9.99 Å². The zero-order chi connectivity index (χ0) is 20.8. The molecule has 0 atom stereocenters. The minimum absolute atomic E-state index is 0.0260. The average Bonchev–Trinajstić information content (AvgIpc) is 2.72. The summed E-state index contributed by atoms with van der Waals surface area (Å²) < 4.78 is 6.57. The number of hydrogen-bond acceptors (Lipinski definition) is 5. The van der Waals surface area contributed by atoms with Crippen LogP contribution >= 0.6 is 11.6 Å². The Kier molecular flexibility index (Phi) is 6.31. The lowest BCUT2D eigenvalue weighted by Crippen LogP contribution is -2.30. The van der Waals surface area contributed by atoms with Crippen molar-refractivity contribution in [2.24, 2.45) is 5.10 Å². The number of ether oxygens (including phenoxy) is 1. The summed E-state index contributed by atoms with van der Waals surface area (Å²) in [6.07, 6.45) is 2.98. The highest BCUT2D eigenvalue weighted by Crippen LogP contribution is 2.22. The first-order valence-electron chi connectivity index (χ1n) is 8.62. The van der Waals surface area contributed by atoms with Gasteiger partial charge in [0.05, 0.1) is 24.9 Å². The van der Waals surface area contributed by atoms with Crippen LogP contribution in [0.4, 0.5) is 0 Å². The van der Waals surface area contributed by atoms with Crippen LogP contribution in [0, 0.1) is 0 Å². The predicted molar refractivity (Wildman–Crippen MR) is 111 cm³/mol. The number of benzene rings is 2. The van der Waals surface area contributed by atoms with Gasteiger partial charge in [0.15, 0.2) is 0 Å². The number of aromatic nitrogens is 1. The van der Waals surface area contributed by atoms with Crippen LogP contribution in [0.25, 0.3) is 0 Å². The minimum atomic E-state index is -0.625. The van der Waals surface area contributed by atoms with Crippen LogP contribution in [-0.4, -0.2) is 28.9 Å². The van der Waals surface area contributed by atoms with Gasteiger partial charge >= 0.3 is 0 Å². The summed E-state index contributed by atoms with van der Waals surface area (Å²) in [5.41, 5.74) is 3.35. The first kappa shape index (κ1) is 20.2. The van der Waals surface area contributed by atoms with Crippen LogP contribution in [0.3, 0.4) is 0 Å². The molecule has 3 rings (SSSR count). The highest BCUT2D eigenvalue weighted by molar-refractivity contribution is 6.32. The van der Waals surface area contributed by atoms with Gasteiger partial charge in [0.2, 0.25) is 0 Å². The van der Waals surface area contributed by atoms with Crippen LogP contribution in [0.1, 0.15) is 21.5 Å².